The SMILES string of the molecule is C=C(C)CC.C=C(C)NCCC#Cc1ccc(CC)cc1C.CC.CC.CC.CC. The number of nitrogens with one attached hydrogen (secondary N) is 1. The van der Waals surface area contributed by atoms with E-state index in [9.17, 15) is 0 Å². The Labute approximate surface area is 192 Å². The van der Waals surface area contributed by atoms with E-state index in [1.54, 1.807) is 0 Å². The number of aryl methyl sites for hydroxylation is 2. The maximum absolute atomic E-state index is 3.78. The summed E-state index contributed by atoms with van der Waals surface area (Å²) in [5.74, 6) is 6.40. The fourth-order valence-electron chi connectivity index (χ4n) is 1.58. The molecule has 1 aromatic rings. The average molecular weight is 418 g/mol. The Morgan fingerprint density at radius 2 is 1.37 bits per heavy atom. The maximum atomic E-state index is 3.78. The summed E-state index contributed by atoms with van der Waals surface area (Å²) in [6.07, 6.45) is 3.04. The summed E-state index contributed by atoms with van der Waals surface area (Å²) < 4.78 is 0. The molecule has 0 fully saturated rings. The lowest BCUT2D eigenvalue weighted by molar-refractivity contribution is 0.816. The first kappa shape index (κ1) is 38.6. The lowest BCUT2D eigenvalue weighted by Gasteiger charge is -2.02. The molecule has 0 spiro atoms. The van der Waals surface area contributed by atoms with Gasteiger partial charge in [0.05, 0.1) is 0 Å². The highest BCUT2D eigenvalue weighted by molar-refractivity contribution is 5.42. The molecule has 1 heteroatoms. The summed E-state index contributed by atoms with van der Waals surface area (Å²) in [6.45, 7) is 34.7. The molecule has 1 nitrogen and oxygen atoms in total. The van der Waals surface area contributed by atoms with Gasteiger partial charge in [0, 0.05) is 24.2 Å². The largest absolute Gasteiger partial charge is 0.388 e. The molecule has 30 heavy (non-hydrogen) atoms. The second-order valence-corrected chi connectivity index (χ2v) is 5.57. The van der Waals surface area contributed by atoms with Gasteiger partial charge >= 0.3 is 0 Å². The van der Waals surface area contributed by atoms with Crippen molar-refractivity contribution >= 4 is 0 Å². The van der Waals surface area contributed by atoms with E-state index in [2.05, 4.69) is 69.3 Å². The van der Waals surface area contributed by atoms with E-state index < -0.39 is 0 Å². The first-order chi connectivity index (χ1) is 14.4. The van der Waals surface area contributed by atoms with E-state index in [-0.39, 0.29) is 0 Å². The highest BCUT2D eigenvalue weighted by Crippen LogP contribution is 2.10. The minimum absolute atomic E-state index is 0.849. The molecule has 0 bridgehead atoms. The highest BCUT2D eigenvalue weighted by atomic mass is 14.9. The third-order valence-electron chi connectivity index (χ3n) is 3.20. The Bertz CT molecular complexity index is 541. The van der Waals surface area contributed by atoms with Crippen LogP contribution in [0.3, 0.4) is 0 Å². The quantitative estimate of drug-likeness (QED) is 0.286. The number of hydrogen-bond acceptors (Lipinski definition) is 1. The molecule has 0 amide bonds. The van der Waals surface area contributed by atoms with Gasteiger partial charge in [-0.1, -0.05) is 105 Å². The first-order valence-corrected chi connectivity index (χ1v) is 12.0. The van der Waals surface area contributed by atoms with Crippen molar-refractivity contribution in [3.05, 3.63) is 59.3 Å². The fourth-order valence-corrected chi connectivity index (χ4v) is 1.58. The third-order valence-corrected chi connectivity index (χ3v) is 3.20. The molecule has 0 unspecified atom stereocenters. The molecule has 0 aliphatic carbocycles. The van der Waals surface area contributed by atoms with Gasteiger partial charge < -0.3 is 5.32 Å². The van der Waals surface area contributed by atoms with Gasteiger partial charge in [-0.15, -0.1) is 6.58 Å². The zero-order chi connectivity index (χ0) is 25.0. The van der Waals surface area contributed by atoms with Crippen LogP contribution in [0.15, 0.2) is 42.6 Å². The van der Waals surface area contributed by atoms with Crippen molar-refractivity contribution in [3.63, 3.8) is 0 Å². The van der Waals surface area contributed by atoms with Crippen LogP contribution in [-0.2, 0) is 6.42 Å². The van der Waals surface area contributed by atoms with Crippen LogP contribution in [0.5, 0.6) is 0 Å². The molecule has 0 saturated carbocycles. The number of benzene rings is 1. The Balaban J connectivity index is -0.000000134. The standard InChI is InChI=1S/C16H21N.C5H10.4C2H6/c1-5-15-9-10-16(14(4)12-15)8-6-7-11-17-13(2)3;1-4-5(2)3;4*1-2/h9-10,12,17H,2,5,7,11H2,1,3-4H3;2,4H2,1,3H3;4*1-2H3. The molecule has 1 N–H and O–H groups in total. The second-order valence-electron chi connectivity index (χ2n) is 5.57. The molecule has 0 saturated heterocycles. The Morgan fingerprint density at radius 3 is 1.70 bits per heavy atom. The summed E-state index contributed by atoms with van der Waals surface area (Å²) in [5.41, 5.74) is 6.03. The van der Waals surface area contributed by atoms with Crippen molar-refractivity contribution in [2.45, 2.75) is 109 Å². The van der Waals surface area contributed by atoms with Gasteiger partial charge in [0.25, 0.3) is 0 Å². The van der Waals surface area contributed by atoms with Crippen molar-refractivity contribution in [1.29, 1.82) is 0 Å². The molecule has 1 rings (SSSR count). The van der Waals surface area contributed by atoms with Gasteiger partial charge in [-0.2, -0.15) is 0 Å². The first-order valence-electron chi connectivity index (χ1n) is 12.0. The zero-order valence-corrected chi connectivity index (χ0v) is 23.0. The van der Waals surface area contributed by atoms with Crippen LogP contribution in [0.1, 0.15) is 113 Å². The van der Waals surface area contributed by atoms with Crippen LogP contribution in [-0.4, -0.2) is 6.54 Å². The molecule has 0 aromatic heterocycles. The van der Waals surface area contributed by atoms with E-state index in [0.29, 0.717) is 0 Å². The monoisotopic (exact) mass is 417 g/mol. The highest BCUT2D eigenvalue weighted by Gasteiger charge is 1.95. The van der Waals surface area contributed by atoms with Gasteiger partial charge in [0.15, 0.2) is 0 Å². The van der Waals surface area contributed by atoms with Crippen LogP contribution in [0.4, 0.5) is 0 Å². The minimum Gasteiger partial charge on any atom is -0.388 e. The van der Waals surface area contributed by atoms with Crippen molar-refractivity contribution in [3.8, 4) is 11.8 Å². The van der Waals surface area contributed by atoms with Crippen LogP contribution in [0.25, 0.3) is 0 Å². The minimum atomic E-state index is 0.849. The van der Waals surface area contributed by atoms with E-state index in [1.165, 1.54) is 16.7 Å². The zero-order valence-electron chi connectivity index (χ0n) is 23.0. The molecular formula is C29H55N. The van der Waals surface area contributed by atoms with Gasteiger partial charge in [-0.05, 0) is 50.8 Å². The van der Waals surface area contributed by atoms with Crippen molar-refractivity contribution in [2.24, 2.45) is 0 Å². The van der Waals surface area contributed by atoms with Gasteiger partial charge in [0.1, 0.15) is 0 Å². The van der Waals surface area contributed by atoms with Crippen LogP contribution < -0.4 is 5.32 Å². The molecule has 176 valence electrons. The smallest absolute Gasteiger partial charge is 0.0274 e. The molecule has 1 aromatic carbocycles. The molecule has 0 aliphatic rings. The number of hydrogen-bond donors (Lipinski definition) is 1. The normalized spacial score (nSPS) is 7.37. The Morgan fingerprint density at radius 1 is 0.900 bits per heavy atom. The van der Waals surface area contributed by atoms with E-state index in [1.807, 2.05) is 69.2 Å². The maximum Gasteiger partial charge on any atom is 0.0274 e. The summed E-state index contributed by atoms with van der Waals surface area (Å²) >= 11 is 0. The van der Waals surface area contributed by atoms with E-state index in [4.69, 9.17) is 0 Å². The van der Waals surface area contributed by atoms with Crippen LogP contribution in [0, 0.1) is 18.8 Å². The van der Waals surface area contributed by atoms with Gasteiger partial charge in [0.2, 0.25) is 0 Å². The molecule has 0 heterocycles. The van der Waals surface area contributed by atoms with Crippen LogP contribution >= 0.6 is 0 Å². The summed E-state index contributed by atoms with van der Waals surface area (Å²) in [5, 5.41) is 3.17. The second kappa shape index (κ2) is 34.6. The Kier molecular flexibility index (Phi) is 44.5. The summed E-state index contributed by atoms with van der Waals surface area (Å²) in [6, 6.07) is 6.49. The summed E-state index contributed by atoms with van der Waals surface area (Å²) in [4.78, 5) is 0. The molecule has 0 aliphatic heterocycles. The predicted molar refractivity (Wildman–Crippen MR) is 145 cm³/mol. The van der Waals surface area contributed by atoms with E-state index in [0.717, 1.165) is 37.1 Å². The Hall–Kier alpha value is -1.94. The third kappa shape index (κ3) is 30.8. The summed E-state index contributed by atoms with van der Waals surface area (Å²) in [7, 11) is 0. The molecular weight excluding hydrogens is 362 g/mol. The number of rotatable bonds is 5. The van der Waals surface area contributed by atoms with Crippen molar-refractivity contribution in [2.75, 3.05) is 6.54 Å². The van der Waals surface area contributed by atoms with Crippen molar-refractivity contribution < 1.29 is 0 Å². The average Bonchev–Trinajstić information content (AvgIpc) is 2.80. The van der Waals surface area contributed by atoms with Gasteiger partial charge in [-0.25, -0.2) is 0 Å². The predicted octanol–water partition coefficient (Wildman–Crippen LogP) is 9.50. The topological polar surface area (TPSA) is 12.0 Å². The van der Waals surface area contributed by atoms with E-state index >= 15 is 0 Å². The van der Waals surface area contributed by atoms with Crippen LogP contribution in [0.2, 0.25) is 0 Å². The van der Waals surface area contributed by atoms with Gasteiger partial charge in [-0.3, -0.25) is 0 Å². The number of allylic oxidation sites excluding steroid dienone is 2. The molecule has 0 atom stereocenters. The van der Waals surface area contributed by atoms with Crippen molar-refractivity contribution in [1.82, 2.24) is 5.32 Å². The lowest BCUT2D eigenvalue weighted by Crippen LogP contribution is -2.10. The fraction of sp³-hybridized carbons (Fsp3) is 0.586. The molecule has 0 radical (unpaired) electrons. The lowest BCUT2D eigenvalue weighted by atomic mass is 10.0.